The number of rotatable bonds is 4. The van der Waals surface area contributed by atoms with Gasteiger partial charge >= 0.3 is 5.97 Å². The first-order chi connectivity index (χ1) is 12.2. The van der Waals surface area contributed by atoms with Gasteiger partial charge in [0.2, 0.25) is 0 Å². The van der Waals surface area contributed by atoms with Crippen molar-refractivity contribution in [2.45, 2.75) is 52.4 Å². The summed E-state index contributed by atoms with van der Waals surface area (Å²) in [6.45, 7) is 7.63. The van der Waals surface area contributed by atoms with Gasteiger partial charge in [-0.15, -0.1) is 0 Å². The quantitative estimate of drug-likeness (QED) is 0.454. The van der Waals surface area contributed by atoms with E-state index in [4.69, 9.17) is 5.11 Å². The molecule has 4 N–H and O–H groups in total. The van der Waals surface area contributed by atoms with Crippen molar-refractivity contribution in [1.82, 2.24) is 0 Å². The molecule has 0 aromatic rings. The Balaban J connectivity index is 2.22. The molecule has 5 nitrogen and oxygen atoms in total. The summed E-state index contributed by atoms with van der Waals surface area (Å²) in [7, 11) is 0. The number of carboxylic acid groups (broad SMARTS) is 1. The first kappa shape index (κ1) is 20.9. The summed E-state index contributed by atoms with van der Waals surface area (Å²) >= 11 is 0. The van der Waals surface area contributed by atoms with E-state index in [0.717, 1.165) is 6.42 Å². The molecule has 2 aliphatic carbocycles. The zero-order valence-electron chi connectivity index (χ0n) is 16.0. The fraction of sp³-hybridized carbons (Fsp3) is 0.667. The maximum Gasteiger partial charge on any atom is 0.331 e. The van der Waals surface area contributed by atoms with Crippen LogP contribution in [0.3, 0.4) is 0 Å². The topological polar surface area (TPSA) is 98.0 Å². The van der Waals surface area contributed by atoms with Gasteiger partial charge in [0.25, 0.3) is 0 Å². The summed E-state index contributed by atoms with van der Waals surface area (Å²) < 4.78 is 0. The molecule has 0 bridgehead atoms. The van der Waals surface area contributed by atoms with Crippen molar-refractivity contribution < 1.29 is 25.2 Å². The van der Waals surface area contributed by atoms with Crippen LogP contribution in [0, 0.1) is 35.5 Å². The number of fused-ring (bicyclic) bond motifs is 1. The van der Waals surface area contributed by atoms with Crippen LogP contribution in [-0.2, 0) is 4.79 Å². The predicted octanol–water partition coefficient (Wildman–Crippen LogP) is 2.39. The van der Waals surface area contributed by atoms with Gasteiger partial charge in [-0.25, -0.2) is 4.79 Å². The van der Waals surface area contributed by atoms with Crippen LogP contribution >= 0.6 is 0 Å². The van der Waals surface area contributed by atoms with E-state index in [0.29, 0.717) is 5.92 Å². The Labute approximate surface area is 155 Å². The Morgan fingerprint density at radius 2 is 1.54 bits per heavy atom. The lowest BCUT2D eigenvalue weighted by molar-refractivity contribution is -0.180. The Bertz CT molecular complexity index is 593. The summed E-state index contributed by atoms with van der Waals surface area (Å²) in [4.78, 5) is 10.8. The average molecular weight is 364 g/mol. The van der Waals surface area contributed by atoms with Crippen molar-refractivity contribution in [2.75, 3.05) is 0 Å². The highest BCUT2D eigenvalue weighted by molar-refractivity contribution is 5.86. The van der Waals surface area contributed by atoms with Gasteiger partial charge < -0.3 is 20.4 Å². The van der Waals surface area contributed by atoms with Crippen LogP contribution in [0.2, 0.25) is 0 Å². The van der Waals surface area contributed by atoms with Gasteiger partial charge in [-0.3, -0.25) is 0 Å². The molecule has 9 atom stereocenters. The van der Waals surface area contributed by atoms with Crippen molar-refractivity contribution in [1.29, 1.82) is 0 Å². The maximum atomic E-state index is 10.8. The largest absolute Gasteiger partial charge is 0.478 e. The molecule has 0 amide bonds. The fourth-order valence-corrected chi connectivity index (χ4v) is 4.88. The molecular weight excluding hydrogens is 332 g/mol. The summed E-state index contributed by atoms with van der Waals surface area (Å²) in [6.07, 6.45) is 7.40. The van der Waals surface area contributed by atoms with E-state index in [-0.39, 0.29) is 35.2 Å². The van der Waals surface area contributed by atoms with Gasteiger partial charge in [0.05, 0.1) is 18.3 Å². The zero-order chi connectivity index (χ0) is 19.6. The molecule has 0 saturated heterocycles. The van der Waals surface area contributed by atoms with Crippen LogP contribution in [0.25, 0.3) is 0 Å². The maximum absolute atomic E-state index is 10.8. The van der Waals surface area contributed by atoms with E-state index in [1.807, 2.05) is 26.0 Å². The molecule has 146 valence electrons. The van der Waals surface area contributed by atoms with E-state index in [9.17, 15) is 20.1 Å². The molecule has 26 heavy (non-hydrogen) atoms. The molecule has 2 rings (SSSR count). The van der Waals surface area contributed by atoms with Crippen LogP contribution in [-0.4, -0.2) is 44.7 Å². The van der Waals surface area contributed by atoms with Crippen LogP contribution in [0.1, 0.15) is 34.1 Å². The van der Waals surface area contributed by atoms with Gasteiger partial charge in [0.15, 0.2) is 0 Å². The highest BCUT2D eigenvalue weighted by atomic mass is 16.4. The molecule has 0 aromatic heterocycles. The lowest BCUT2D eigenvalue weighted by Gasteiger charge is -2.54. The molecule has 5 heteroatoms. The van der Waals surface area contributed by atoms with E-state index in [1.165, 1.54) is 13.0 Å². The zero-order valence-corrected chi connectivity index (χ0v) is 16.0. The lowest BCUT2D eigenvalue weighted by Crippen LogP contribution is -2.60. The summed E-state index contributed by atoms with van der Waals surface area (Å²) in [5.74, 6) is -0.784. The standard InChI is InChI=1S/C21H32O5/c1-11(21(25)26)8-6-5-7-9-15-14(4)19(23)20(24)17-16(15)12(2)10-13(3)18(17)22/h5-9,12-20,22-24H,10H2,1-4H3,(H,25,26)/b6-5+,9-7+,11-8+/t12-,13+,14-,15+,16-,17-,18-,19+,20+/m1/s1. The second-order valence-electron chi connectivity index (χ2n) is 8.18. The summed E-state index contributed by atoms with van der Waals surface area (Å²) in [5.41, 5.74) is 0.261. The number of carbonyl (C=O) groups is 1. The van der Waals surface area contributed by atoms with Gasteiger partial charge in [-0.05, 0) is 42.9 Å². The van der Waals surface area contributed by atoms with Crippen molar-refractivity contribution in [3.05, 3.63) is 36.0 Å². The molecule has 2 aliphatic rings. The van der Waals surface area contributed by atoms with Gasteiger partial charge in [-0.1, -0.05) is 51.2 Å². The first-order valence-electron chi connectivity index (χ1n) is 9.46. The molecule has 0 aliphatic heterocycles. The number of aliphatic hydroxyl groups excluding tert-OH is 3. The number of hydrogen-bond acceptors (Lipinski definition) is 4. The molecule has 0 heterocycles. The Kier molecular flexibility index (Phi) is 6.83. The Morgan fingerprint density at radius 3 is 2.15 bits per heavy atom. The SMILES string of the molecule is C\C(=C/C=C/C=C/[C@H]1[C@@H](C)[C@H](O)[C@@H](O)[C@H]2[C@H](O)[C@@H](C)C[C@@H](C)[C@H]12)C(=O)O. The molecule has 0 radical (unpaired) electrons. The van der Waals surface area contributed by atoms with Crippen molar-refractivity contribution in [2.24, 2.45) is 35.5 Å². The van der Waals surface area contributed by atoms with Crippen LogP contribution in [0.15, 0.2) is 36.0 Å². The first-order valence-corrected chi connectivity index (χ1v) is 9.46. The van der Waals surface area contributed by atoms with Crippen LogP contribution in [0.4, 0.5) is 0 Å². The summed E-state index contributed by atoms with van der Waals surface area (Å²) in [6, 6.07) is 0. The number of aliphatic hydroxyl groups is 3. The summed E-state index contributed by atoms with van der Waals surface area (Å²) in [5, 5.41) is 40.5. The predicted molar refractivity (Wildman–Crippen MR) is 100 cm³/mol. The molecule has 2 saturated carbocycles. The molecule has 0 spiro atoms. The van der Waals surface area contributed by atoms with Gasteiger partial charge in [-0.2, -0.15) is 0 Å². The van der Waals surface area contributed by atoms with E-state index in [2.05, 4.69) is 6.92 Å². The van der Waals surface area contributed by atoms with Crippen molar-refractivity contribution in [3.63, 3.8) is 0 Å². The van der Waals surface area contributed by atoms with E-state index >= 15 is 0 Å². The van der Waals surface area contributed by atoms with E-state index in [1.54, 1.807) is 12.2 Å². The monoisotopic (exact) mass is 364 g/mol. The average Bonchev–Trinajstić information content (AvgIpc) is 2.58. The Morgan fingerprint density at radius 1 is 0.885 bits per heavy atom. The number of carboxylic acids is 1. The highest BCUT2D eigenvalue weighted by Gasteiger charge is 2.54. The van der Waals surface area contributed by atoms with E-state index < -0.39 is 24.3 Å². The van der Waals surface area contributed by atoms with Gasteiger partial charge in [0, 0.05) is 11.5 Å². The molecule has 2 fully saturated rings. The normalized spacial score (nSPS) is 44.4. The minimum absolute atomic E-state index is 0.0461. The second-order valence-corrected chi connectivity index (χ2v) is 8.18. The third-order valence-corrected chi connectivity index (χ3v) is 6.40. The lowest BCUT2D eigenvalue weighted by atomic mass is 9.54. The van der Waals surface area contributed by atoms with Crippen molar-refractivity contribution >= 4 is 5.97 Å². The van der Waals surface area contributed by atoms with Crippen molar-refractivity contribution in [3.8, 4) is 0 Å². The molecule has 0 aromatic carbocycles. The fourth-order valence-electron chi connectivity index (χ4n) is 4.88. The molecule has 0 unspecified atom stereocenters. The van der Waals surface area contributed by atoms with Gasteiger partial charge in [0.1, 0.15) is 0 Å². The Hall–Kier alpha value is -1.43. The van der Waals surface area contributed by atoms with Crippen LogP contribution in [0.5, 0.6) is 0 Å². The highest BCUT2D eigenvalue weighted by Crippen LogP contribution is 2.51. The number of allylic oxidation sites excluding steroid dienone is 5. The van der Waals surface area contributed by atoms with Crippen LogP contribution < -0.4 is 0 Å². The third-order valence-electron chi connectivity index (χ3n) is 6.40. The number of aliphatic carboxylic acids is 1. The molecular formula is C21H32O5. The second kappa shape index (κ2) is 8.51. The minimum atomic E-state index is -0.946. The smallest absolute Gasteiger partial charge is 0.331 e. The minimum Gasteiger partial charge on any atom is -0.478 e. The number of hydrogen-bond donors (Lipinski definition) is 4. The third kappa shape index (κ3) is 4.11.